The number of carbonyl (C=O) groups excluding carboxylic acids is 1. The Balaban J connectivity index is 2.16. The SMILES string of the molecule is Cc1cccc(Cn2cc(C(O)=CC(=O)C(=O)O)c3c(O)cccc32)c1C. The van der Waals surface area contributed by atoms with Crippen LogP contribution in [0, 0.1) is 13.8 Å². The molecule has 0 bridgehead atoms. The van der Waals surface area contributed by atoms with E-state index in [0.29, 0.717) is 23.5 Å². The number of hydrogen-bond donors (Lipinski definition) is 3. The minimum Gasteiger partial charge on any atom is -0.507 e. The van der Waals surface area contributed by atoms with Crippen LogP contribution in [0.15, 0.2) is 48.7 Å². The molecule has 0 saturated heterocycles. The van der Waals surface area contributed by atoms with Gasteiger partial charge in [0.05, 0.1) is 10.9 Å². The Kier molecular flexibility index (Phi) is 4.73. The summed E-state index contributed by atoms with van der Waals surface area (Å²) in [5, 5.41) is 29.7. The van der Waals surface area contributed by atoms with Gasteiger partial charge in [-0.3, -0.25) is 4.79 Å². The van der Waals surface area contributed by atoms with Crippen molar-refractivity contribution in [1.82, 2.24) is 4.57 Å². The fraction of sp³-hybridized carbons (Fsp3) is 0.143. The van der Waals surface area contributed by atoms with Crippen molar-refractivity contribution in [3.63, 3.8) is 0 Å². The lowest BCUT2D eigenvalue weighted by atomic mass is 10.0. The average Bonchev–Trinajstić information content (AvgIpc) is 2.99. The molecule has 1 heterocycles. The zero-order valence-corrected chi connectivity index (χ0v) is 14.9. The molecule has 0 amide bonds. The van der Waals surface area contributed by atoms with Crippen molar-refractivity contribution in [3.8, 4) is 5.75 Å². The molecule has 0 aliphatic heterocycles. The van der Waals surface area contributed by atoms with E-state index in [1.165, 1.54) is 6.07 Å². The van der Waals surface area contributed by atoms with Gasteiger partial charge >= 0.3 is 5.97 Å². The van der Waals surface area contributed by atoms with E-state index in [2.05, 4.69) is 0 Å². The largest absolute Gasteiger partial charge is 0.507 e. The van der Waals surface area contributed by atoms with Crippen LogP contribution in [-0.4, -0.2) is 31.6 Å². The van der Waals surface area contributed by atoms with Crippen LogP contribution in [0.3, 0.4) is 0 Å². The molecule has 0 fully saturated rings. The number of aliphatic carboxylic acids is 1. The van der Waals surface area contributed by atoms with E-state index in [9.17, 15) is 19.8 Å². The molecular formula is C21H19NO5. The van der Waals surface area contributed by atoms with Gasteiger partial charge in [0.15, 0.2) is 0 Å². The van der Waals surface area contributed by atoms with Gasteiger partial charge in [0.1, 0.15) is 11.5 Å². The Labute approximate surface area is 155 Å². The number of aliphatic hydroxyl groups excluding tert-OH is 1. The van der Waals surface area contributed by atoms with E-state index in [-0.39, 0.29) is 11.3 Å². The first-order valence-corrected chi connectivity index (χ1v) is 8.33. The zero-order chi connectivity index (χ0) is 19.7. The van der Waals surface area contributed by atoms with E-state index in [0.717, 1.165) is 16.7 Å². The number of aliphatic hydroxyl groups is 1. The van der Waals surface area contributed by atoms with Gasteiger partial charge < -0.3 is 19.9 Å². The van der Waals surface area contributed by atoms with Gasteiger partial charge in [-0.05, 0) is 42.7 Å². The van der Waals surface area contributed by atoms with Crippen LogP contribution in [0.2, 0.25) is 0 Å². The third-order valence-corrected chi connectivity index (χ3v) is 4.70. The molecule has 0 aliphatic rings. The molecule has 0 atom stereocenters. The third-order valence-electron chi connectivity index (χ3n) is 4.70. The monoisotopic (exact) mass is 365 g/mol. The summed E-state index contributed by atoms with van der Waals surface area (Å²) >= 11 is 0. The first kappa shape index (κ1) is 18.3. The van der Waals surface area contributed by atoms with Gasteiger partial charge in [0, 0.05) is 24.4 Å². The number of carboxylic acids is 1. The number of benzene rings is 2. The molecule has 138 valence electrons. The maximum absolute atomic E-state index is 11.4. The van der Waals surface area contributed by atoms with Crippen molar-refractivity contribution in [1.29, 1.82) is 0 Å². The standard InChI is InChI=1S/C21H19NO5/c1-12-5-3-6-14(13(12)2)10-22-11-15(18(24)9-19(25)21(26)27)20-16(22)7-4-8-17(20)23/h3-9,11,23-24H,10H2,1-2H3,(H,26,27). The van der Waals surface area contributed by atoms with Crippen molar-refractivity contribution in [2.75, 3.05) is 0 Å². The number of hydrogen-bond acceptors (Lipinski definition) is 4. The second-order valence-electron chi connectivity index (χ2n) is 6.40. The summed E-state index contributed by atoms with van der Waals surface area (Å²) in [5.41, 5.74) is 4.23. The fourth-order valence-corrected chi connectivity index (χ4v) is 3.09. The Morgan fingerprint density at radius 3 is 2.48 bits per heavy atom. The second kappa shape index (κ2) is 6.99. The number of nitrogens with zero attached hydrogens (tertiary/aromatic N) is 1. The number of rotatable bonds is 5. The lowest BCUT2D eigenvalue weighted by Crippen LogP contribution is -2.09. The number of aromatic hydroxyl groups is 1. The zero-order valence-electron chi connectivity index (χ0n) is 14.9. The van der Waals surface area contributed by atoms with Crippen LogP contribution in [-0.2, 0) is 16.1 Å². The topological polar surface area (TPSA) is 99.8 Å². The molecule has 2 aromatic carbocycles. The summed E-state index contributed by atoms with van der Waals surface area (Å²) in [6.45, 7) is 4.54. The minimum absolute atomic E-state index is 0.0649. The van der Waals surface area contributed by atoms with E-state index in [1.807, 2.05) is 36.6 Å². The van der Waals surface area contributed by atoms with Crippen molar-refractivity contribution in [3.05, 3.63) is 70.9 Å². The fourth-order valence-electron chi connectivity index (χ4n) is 3.09. The number of fused-ring (bicyclic) bond motifs is 1. The van der Waals surface area contributed by atoms with Crippen LogP contribution >= 0.6 is 0 Å². The summed E-state index contributed by atoms with van der Waals surface area (Å²) in [5.74, 6) is -3.47. The second-order valence-corrected chi connectivity index (χ2v) is 6.40. The predicted molar refractivity (Wildman–Crippen MR) is 102 cm³/mol. The summed E-state index contributed by atoms with van der Waals surface area (Å²) in [6, 6.07) is 10.9. The minimum atomic E-state index is -1.66. The van der Waals surface area contributed by atoms with Crippen LogP contribution in [0.4, 0.5) is 0 Å². The van der Waals surface area contributed by atoms with E-state index >= 15 is 0 Å². The summed E-state index contributed by atoms with van der Waals surface area (Å²) in [4.78, 5) is 22.2. The summed E-state index contributed by atoms with van der Waals surface area (Å²) < 4.78 is 1.85. The van der Waals surface area contributed by atoms with Crippen LogP contribution in [0.1, 0.15) is 22.3 Å². The molecule has 0 aliphatic carbocycles. The van der Waals surface area contributed by atoms with E-state index in [4.69, 9.17) is 5.11 Å². The molecule has 3 aromatic rings. The van der Waals surface area contributed by atoms with E-state index < -0.39 is 17.5 Å². The van der Waals surface area contributed by atoms with Gasteiger partial charge in [-0.2, -0.15) is 0 Å². The highest BCUT2D eigenvalue weighted by Gasteiger charge is 2.18. The van der Waals surface area contributed by atoms with Gasteiger partial charge in [0.2, 0.25) is 0 Å². The molecule has 0 spiro atoms. The maximum Gasteiger partial charge on any atom is 0.376 e. The van der Waals surface area contributed by atoms with Crippen molar-refractivity contribution >= 4 is 28.4 Å². The number of aromatic nitrogens is 1. The number of ketones is 1. The first-order chi connectivity index (χ1) is 12.8. The average molecular weight is 365 g/mol. The highest BCUT2D eigenvalue weighted by molar-refractivity contribution is 6.38. The Morgan fingerprint density at radius 2 is 1.78 bits per heavy atom. The Morgan fingerprint density at radius 1 is 1.07 bits per heavy atom. The number of aryl methyl sites for hydroxylation is 1. The third kappa shape index (κ3) is 3.42. The highest BCUT2D eigenvalue weighted by Crippen LogP contribution is 2.33. The van der Waals surface area contributed by atoms with Crippen molar-refractivity contribution < 1.29 is 24.9 Å². The van der Waals surface area contributed by atoms with Crippen molar-refractivity contribution in [2.45, 2.75) is 20.4 Å². The first-order valence-electron chi connectivity index (χ1n) is 8.33. The number of carbonyl (C=O) groups is 2. The number of phenols is 1. The van der Waals surface area contributed by atoms with Crippen LogP contribution < -0.4 is 0 Å². The van der Waals surface area contributed by atoms with Gasteiger partial charge in [0.25, 0.3) is 5.78 Å². The van der Waals surface area contributed by atoms with Crippen molar-refractivity contribution in [2.24, 2.45) is 0 Å². The highest BCUT2D eigenvalue weighted by atomic mass is 16.4. The van der Waals surface area contributed by atoms with Gasteiger partial charge in [-0.25, -0.2) is 4.79 Å². The normalized spacial score (nSPS) is 11.7. The Bertz CT molecular complexity index is 1090. The lowest BCUT2D eigenvalue weighted by molar-refractivity contribution is -0.146. The Hall–Kier alpha value is -3.54. The molecule has 6 nitrogen and oxygen atoms in total. The lowest BCUT2D eigenvalue weighted by Gasteiger charge is -2.10. The molecular weight excluding hydrogens is 346 g/mol. The van der Waals surface area contributed by atoms with Gasteiger partial charge in [-0.1, -0.05) is 24.3 Å². The molecule has 27 heavy (non-hydrogen) atoms. The molecule has 6 heteroatoms. The molecule has 1 aromatic heterocycles. The molecule has 3 rings (SSSR count). The summed E-state index contributed by atoms with van der Waals surface area (Å²) in [7, 11) is 0. The van der Waals surface area contributed by atoms with Crippen LogP contribution in [0.5, 0.6) is 5.75 Å². The number of phenolic OH excluding ortho intramolecular Hbond substituents is 1. The smallest absolute Gasteiger partial charge is 0.376 e. The van der Waals surface area contributed by atoms with E-state index in [1.54, 1.807) is 18.3 Å². The van der Waals surface area contributed by atoms with Gasteiger partial charge in [-0.15, -0.1) is 0 Å². The molecule has 0 unspecified atom stereocenters. The predicted octanol–water partition coefficient (Wildman–Crippen LogP) is 3.56. The van der Waals surface area contributed by atoms with Crippen LogP contribution in [0.25, 0.3) is 16.7 Å². The summed E-state index contributed by atoms with van der Waals surface area (Å²) in [6.07, 6.45) is 2.25. The molecule has 0 radical (unpaired) electrons. The number of carboxylic acid groups (broad SMARTS) is 1. The maximum atomic E-state index is 11.4. The molecule has 0 saturated carbocycles. The molecule has 3 N–H and O–H groups in total. The quantitative estimate of drug-likeness (QED) is 0.365.